The quantitative estimate of drug-likeness (QED) is 0.424. The number of nitrogen functional groups attached to an aromatic ring is 1. The summed E-state index contributed by atoms with van der Waals surface area (Å²) in [6.07, 6.45) is 6.88. The van der Waals surface area contributed by atoms with Gasteiger partial charge in [-0.05, 0) is 18.2 Å². The van der Waals surface area contributed by atoms with Crippen molar-refractivity contribution >= 4 is 17.6 Å². The molecule has 0 atom stereocenters. The van der Waals surface area contributed by atoms with Crippen molar-refractivity contribution in [2.45, 2.75) is 29.9 Å². The molecule has 0 saturated carbocycles. The minimum absolute atomic E-state index is 0.677. The molecule has 0 spiro atoms. The molecule has 2 aromatic heterocycles. The molecule has 0 saturated heterocycles. The van der Waals surface area contributed by atoms with Crippen LogP contribution in [0.1, 0.15) is 18.9 Å². The van der Waals surface area contributed by atoms with E-state index >= 15 is 0 Å². The first-order valence-corrected chi connectivity index (χ1v) is 6.14. The van der Waals surface area contributed by atoms with Gasteiger partial charge in [-0.1, -0.05) is 13.3 Å². The van der Waals surface area contributed by atoms with Crippen LogP contribution in [0.4, 0.5) is 5.82 Å². The molecule has 7 heteroatoms. The van der Waals surface area contributed by atoms with Crippen molar-refractivity contribution in [1.29, 1.82) is 0 Å². The van der Waals surface area contributed by atoms with Crippen molar-refractivity contribution in [3.63, 3.8) is 0 Å². The number of hydrogen-bond donors (Lipinski definition) is 3. The second-order valence-corrected chi connectivity index (χ2v) is 4.37. The van der Waals surface area contributed by atoms with E-state index in [1.165, 1.54) is 18.1 Å². The van der Waals surface area contributed by atoms with Gasteiger partial charge in [-0.3, -0.25) is 0 Å². The number of H-pyrrole nitrogens is 1. The average molecular weight is 250 g/mol. The van der Waals surface area contributed by atoms with E-state index in [0.29, 0.717) is 5.82 Å². The summed E-state index contributed by atoms with van der Waals surface area (Å²) in [5.74, 6) is 6.13. The Morgan fingerprint density at radius 2 is 2.29 bits per heavy atom. The number of aromatic nitrogens is 4. The molecule has 0 amide bonds. The van der Waals surface area contributed by atoms with Gasteiger partial charge in [0, 0.05) is 18.0 Å². The van der Waals surface area contributed by atoms with Gasteiger partial charge >= 0.3 is 0 Å². The van der Waals surface area contributed by atoms with Crippen LogP contribution < -0.4 is 11.3 Å². The van der Waals surface area contributed by atoms with Gasteiger partial charge in [-0.2, -0.15) is 0 Å². The molecule has 0 radical (unpaired) electrons. The summed E-state index contributed by atoms with van der Waals surface area (Å²) < 4.78 is 0. The SMILES string of the molecule is CCCc1c(NN)ncnc1Sc1ncc[nH]1. The van der Waals surface area contributed by atoms with Crippen LogP contribution in [0, 0.1) is 0 Å². The third-order valence-corrected chi connectivity index (χ3v) is 3.17. The van der Waals surface area contributed by atoms with Crippen LogP contribution in [0.15, 0.2) is 28.9 Å². The van der Waals surface area contributed by atoms with Gasteiger partial charge in [0.05, 0.1) is 0 Å². The van der Waals surface area contributed by atoms with E-state index in [0.717, 1.165) is 28.6 Å². The fourth-order valence-corrected chi connectivity index (χ4v) is 2.33. The first-order chi connectivity index (χ1) is 8.35. The van der Waals surface area contributed by atoms with Gasteiger partial charge in [0.2, 0.25) is 0 Å². The molecule has 17 heavy (non-hydrogen) atoms. The van der Waals surface area contributed by atoms with Crippen LogP contribution >= 0.6 is 11.8 Å². The van der Waals surface area contributed by atoms with Gasteiger partial charge in [-0.25, -0.2) is 20.8 Å². The number of nitrogens with two attached hydrogens (primary N) is 1. The van der Waals surface area contributed by atoms with Crippen LogP contribution in [0.2, 0.25) is 0 Å². The highest BCUT2D eigenvalue weighted by atomic mass is 32.2. The number of hydrazine groups is 1. The van der Waals surface area contributed by atoms with E-state index in [1.807, 2.05) is 0 Å². The minimum Gasteiger partial charge on any atom is -0.339 e. The fourth-order valence-electron chi connectivity index (χ4n) is 1.48. The predicted octanol–water partition coefficient (Wildman–Crippen LogP) is 1.59. The number of rotatable bonds is 5. The van der Waals surface area contributed by atoms with Crippen molar-refractivity contribution in [3.8, 4) is 0 Å². The zero-order chi connectivity index (χ0) is 12.1. The first-order valence-electron chi connectivity index (χ1n) is 5.33. The Morgan fingerprint density at radius 1 is 1.41 bits per heavy atom. The zero-order valence-corrected chi connectivity index (χ0v) is 10.3. The molecular formula is C10H14N6S. The first kappa shape index (κ1) is 11.9. The average Bonchev–Trinajstić information content (AvgIpc) is 2.84. The fraction of sp³-hybridized carbons (Fsp3) is 0.300. The number of nitrogens with one attached hydrogen (secondary N) is 2. The number of nitrogens with zero attached hydrogens (tertiary/aromatic N) is 3. The molecule has 0 aliphatic carbocycles. The molecule has 0 aromatic carbocycles. The third kappa shape index (κ3) is 2.75. The Hall–Kier alpha value is -1.60. The van der Waals surface area contributed by atoms with Gasteiger partial charge in [0.1, 0.15) is 17.2 Å². The highest BCUT2D eigenvalue weighted by Gasteiger charge is 2.12. The van der Waals surface area contributed by atoms with Crippen molar-refractivity contribution in [3.05, 3.63) is 24.3 Å². The van der Waals surface area contributed by atoms with Gasteiger partial charge in [0.25, 0.3) is 0 Å². The summed E-state index contributed by atoms with van der Waals surface area (Å²) in [6, 6.07) is 0. The topological polar surface area (TPSA) is 92.5 Å². The van der Waals surface area contributed by atoms with Crippen molar-refractivity contribution in [2.75, 3.05) is 5.43 Å². The minimum atomic E-state index is 0.677. The van der Waals surface area contributed by atoms with Crippen LogP contribution in [0.5, 0.6) is 0 Å². The highest BCUT2D eigenvalue weighted by Crippen LogP contribution is 2.29. The number of hydrogen-bond acceptors (Lipinski definition) is 6. The number of imidazole rings is 1. The van der Waals surface area contributed by atoms with Crippen molar-refractivity contribution < 1.29 is 0 Å². The number of anilines is 1. The van der Waals surface area contributed by atoms with Crippen LogP contribution in [-0.4, -0.2) is 19.9 Å². The summed E-state index contributed by atoms with van der Waals surface area (Å²) in [5, 5.41) is 1.69. The third-order valence-electron chi connectivity index (χ3n) is 2.21. The summed E-state index contributed by atoms with van der Waals surface area (Å²) in [6.45, 7) is 2.11. The molecule has 90 valence electrons. The Balaban J connectivity index is 2.31. The maximum Gasteiger partial charge on any atom is 0.171 e. The van der Waals surface area contributed by atoms with E-state index in [4.69, 9.17) is 5.84 Å². The maximum atomic E-state index is 5.45. The molecular weight excluding hydrogens is 236 g/mol. The predicted molar refractivity (Wildman–Crippen MR) is 66.5 cm³/mol. The lowest BCUT2D eigenvalue weighted by Crippen LogP contribution is -2.12. The normalized spacial score (nSPS) is 10.5. The lowest BCUT2D eigenvalue weighted by molar-refractivity contribution is 0.854. The summed E-state index contributed by atoms with van der Waals surface area (Å²) >= 11 is 1.48. The monoisotopic (exact) mass is 250 g/mol. The summed E-state index contributed by atoms with van der Waals surface area (Å²) in [7, 11) is 0. The van der Waals surface area contributed by atoms with Crippen LogP contribution in [0.25, 0.3) is 0 Å². The van der Waals surface area contributed by atoms with Crippen LogP contribution in [-0.2, 0) is 6.42 Å². The highest BCUT2D eigenvalue weighted by molar-refractivity contribution is 7.99. The van der Waals surface area contributed by atoms with E-state index < -0.39 is 0 Å². The molecule has 0 bridgehead atoms. The molecule has 0 aliphatic rings. The van der Waals surface area contributed by atoms with E-state index in [9.17, 15) is 0 Å². The molecule has 2 heterocycles. The largest absolute Gasteiger partial charge is 0.339 e. The summed E-state index contributed by atoms with van der Waals surface area (Å²) in [4.78, 5) is 15.6. The molecule has 0 unspecified atom stereocenters. The van der Waals surface area contributed by atoms with E-state index in [1.54, 1.807) is 12.4 Å². The van der Waals surface area contributed by atoms with Crippen LogP contribution in [0.3, 0.4) is 0 Å². The molecule has 2 aromatic rings. The molecule has 2 rings (SSSR count). The molecule has 0 fully saturated rings. The maximum absolute atomic E-state index is 5.45. The number of aromatic amines is 1. The molecule has 0 aliphatic heterocycles. The Labute approximate surface area is 103 Å². The van der Waals surface area contributed by atoms with Gasteiger partial charge < -0.3 is 10.4 Å². The van der Waals surface area contributed by atoms with Gasteiger partial charge in [0.15, 0.2) is 5.16 Å². The van der Waals surface area contributed by atoms with E-state index in [2.05, 4.69) is 32.3 Å². The van der Waals surface area contributed by atoms with Crippen molar-refractivity contribution in [2.24, 2.45) is 5.84 Å². The lowest BCUT2D eigenvalue weighted by atomic mass is 10.2. The second-order valence-electron chi connectivity index (χ2n) is 3.40. The standard InChI is InChI=1S/C10H14N6S/c1-2-3-7-8(16-11)14-6-15-9(7)17-10-12-4-5-13-10/h4-6H,2-3,11H2,1H3,(H,12,13)(H,14,15,16). The smallest absolute Gasteiger partial charge is 0.171 e. The van der Waals surface area contributed by atoms with E-state index in [-0.39, 0.29) is 0 Å². The molecule has 6 nitrogen and oxygen atoms in total. The second kappa shape index (κ2) is 5.65. The molecule has 4 N–H and O–H groups in total. The Bertz CT molecular complexity index is 470. The Kier molecular flexibility index (Phi) is 3.94. The lowest BCUT2D eigenvalue weighted by Gasteiger charge is -2.10. The van der Waals surface area contributed by atoms with Crippen molar-refractivity contribution in [1.82, 2.24) is 19.9 Å². The Morgan fingerprint density at radius 3 is 2.94 bits per heavy atom. The van der Waals surface area contributed by atoms with Gasteiger partial charge in [-0.15, -0.1) is 0 Å². The zero-order valence-electron chi connectivity index (χ0n) is 9.47. The summed E-state index contributed by atoms with van der Waals surface area (Å²) in [5.41, 5.74) is 3.63.